The molecule has 1 aromatic heterocycles. The number of allylic oxidation sites excluding steroid dienone is 4. The molecule has 0 radical (unpaired) electrons. The van der Waals surface area contributed by atoms with E-state index < -0.39 is 0 Å². The molecule has 0 fully saturated rings. The number of aromatic nitrogens is 1. The van der Waals surface area contributed by atoms with Crippen molar-refractivity contribution in [1.29, 1.82) is 0 Å². The lowest BCUT2D eigenvalue weighted by atomic mass is 10.1. The van der Waals surface area contributed by atoms with Crippen LogP contribution in [0.1, 0.15) is 12.1 Å². The van der Waals surface area contributed by atoms with Crippen LogP contribution in [0.25, 0.3) is 5.57 Å². The standard InChI is InChI=1S/C10H6Cl3N/c11-7-5-6(9(12)10(7)13)8-3-1-2-4-14-8/h1-4H,5H2. The molecule has 72 valence electrons. The quantitative estimate of drug-likeness (QED) is 0.726. The Morgan fingerprint density at radius 3 is 2.36 bits per heavy atom. The Balaban J connectivity index is 2.42. The molecule has 0 saturated carbocycles. The van der Waals surface area contributed by atoms with Crippen molar-refractivity contribution in [1.82, 2.24) is 4.98 Å². The highest BCUT2D eigenvalue weighted by Crippen LogP contribution is 2.42. The Labute approximate surface area is 97.0 Å². The van der Waals surface area contributed by atoms with Crippen molar-refractivity contribution in [3.8, 4) is 0 Å². The fourth-order valence-corrected chi connectivity index (χ4v) is 2.04. The van der Waals surface area contributed by atoms with Crippen molar-refractivity contribution in [2.75, 3.05) is 0 Å². The molecule has 2 rings (SSSR count). The Kier molecular flexibility index (Phi) is 2.82. The van der Waals surface area contributed by atoms with E-state index in [1.54, 1.807) is 6.20 Å². The molecule has 0 amide bonds. The number of hydrogen-bond donors (Lipinski definition) is 0. The van der Waals surface area contributed by atoms with Gasteiger partial charge in [0.2, 0.25) is 0 Å². The summed E-state index contributed by atoms with van der Waals surface area (Å²) < 4.78 is 0. The van der Waals surface area contributed by atoms with Gasteiger partial charge >= 0.3 is 0 Å². The first kappa shape index (κ1) is 10.0. The molecule has 0 aliphatic heterocycles. The van der Waals surface area contributed by atoms with Crippen molar-refractivity contribution in [2.45, 2.75) is 6.42 Å². The van der Waals surface area contributed by atoms with E-state index in [-0.39, 0.29) is 0 Å². The van der Waals surface area contributed by atoms with Crippen LogP contribution < -0.4 is 0 Å². The summed E-state index contributed by atoms with van der Waals surface area (Å²) >= 11 is 17.8. The smallest absolute Gasteiger partial charge is 0.0744 e. The highest BCUT2D eigenvalue weighted by atomic mass is 35.5. The molecule has 1 aromatic rings. The second kappa shape index (κ2) is 3.93. The van der Waals surface area contributed by atoms with E-state index in [0.29, 0.717) is 21.5 Å². The summed E-state index contributed by atoms with van der Waals surface area (Å²) in [5.74, 6) is 0. The van der Waals surface area contributed by atoms with Gasteiger partial charge in [-0.15, -0.1) is 0 Å². The molecule has 4 heteroatoms. The van der Waals surface area contributed by atoms with Crippen LogP contribution in [0.5, 0.6) is 0 Å². The molecule has 0 atom stereocenters. The predicted octanol–water partition coefficient (Wildman–Crippen LogP) is 4.12. The van der Waals surface area contributed by atoms with Crippen LogP contribution in [0, 0.1) is 0 Å². The molecule has 1 nitrogen and oxygen atoms in total. The summed E-state index contributed by atoms with van der Waals surface area (Å²) in [4.78, 5) is 4.19. The first-order chi connectivity index (χ1) is 6.70. The minimum absolute atomic E-state index is 0.439. The van der Waals surface area contributed by atoms with Crippen LogP contribution in [0.3, 0.4) is 0 Å². The van der Waals surface area contributed by atoms with Crippen molar-refractivity contribution in [3.05, 3.63) is 45.2 Å². The Morgan fingerprint density at radius 2 is 1.86 bits per heavy atom. The lowest BCUT2D eigenvalue weighted by Gasteiger charge is -2.00. The minimum Gasteiger partial charge on any atom is -0.257 e. The molecule has 1 aliphatic carbocycles. The third kappa shape index (κ3) is 1.68. The molecule has 1 aliphatic rings. The van der Waals surface area contributed by atoms with Gasteiger partial charge in [0.05, 0.1) is 15.8 Å². The number of hydrogen-bond acceptors (Lipinski definition) is 1. The first-order valence-electron chi connectivity index (χ1n) is 4.04. The van der Waals surface area contributed by atoms with Crippen molar-refractivity contribution >= 4 is 40.4 Å². The van der Waals surface area contributed by atoms with E-state index in [9.17, 15) is 0 Å². The van der Waals surface area contributed by atoms with Gasteiger partial charge in [-0.2, -0.15) is 0 Å². The van der Waals surface area contributed by atoms with Gasteiger partial charge in [0, 0.05) is 23.2 Å². The minimum atomic E-state index is 0.439. The summed E-state index contributed by atoms with van der Waals surface area (Å²) in [7, 11) is 0. The molecule has 1 heterocycles. The lowest BCUT2D eigenvalue weighted by Crippen LogP contribution is -1.86. The number of pyridine rings is 1. The monoisotopic (exact) mass is 245 g/mol. The SMILES string of the molecule is ClC1=C(Cl)C(Cl)=C(c2ccccn2)C1. The maximum absolute atomic E-state index is 6.02. The van der Waals surface area contributed by atoms with Gasteiger partial charge in [-0.25, -0.2) is 0 Å². The van der Waals surface area contributed by atoms with Crippen molar-refractivity contribution < 1.29 is 0 Å². The van der Waals surface area contributed by atoms with Crippen LogP contribution >= 0.6 is 34.8 Å². The van der Waals surface area contributed by atoms with E-state index in [1.165, 1.54) is 0 Å². The summed E-state index contributed by atoms with van der Waals surface area (Å²) in [5.41, 5.74) is 1.72. The average Bonchev–Trinajstić information content (AvgIpc) is 2.47. The Morgan fingerprint density at radius 1 is 1.07 bits per heavy atom. The van der Waals surface area contributed by atoms with Crippen LogP contribution in [-0.2, 0) is 0 Å². The van der Waals surface area contributed by atoms with E-state index in [2.05, 4.69) is 4.98 Å². The maximum atomic E-state index is 6.02. The number of nitrogens with zero attached hydrogens (tertiary/aromatic N) is 1. The average molecular weight is 247 g/mol. The maximum Gasteiger partial charge on any atom is 0.0744 e. The Hall–Kier alpha value is -0.500. The van der Waals surface area contributed by atoms with Gasteiger partial charge in [-0.3, -0.25) is 4.98 Å². The van der Waals surface area contributed by atoms with Gasteiger partial charge in [0.15, 0.2) is 0 Å². The van der Waals surface area contributed by atoms with Gasteiger partial charge in [0.25, 0.3) is 0 Å². The van der Waals surface area contributed by atoms with Crippen molar-refractivity contribution in [2.24, 2.45) is 0 Å². The zero-order valence-corrected chi connectivity index (χ0v) is 9.37. The molecular formula is C10H6Cl3N. The molecular weight excluding hydrogens is 240 g/mol. The van der Waals surface area contributed by atoms with Crippen LogP contribution in [0.4, 0.5) is 0 Å². The van der Waals surface area contributed by atoms with E-state index in [4.69, 9.17) is 34.8 Å². The van der Waals surface area contributed by atoms with Crippen LogP contribution in [-0.4, -0.2) is 4.98 Å². The highest BCUT2D eigenvalue weighted by Gasteiger charge is 2.22. The van der Waals surface area contributed by atoms with Gasteiger partial charge in [0.1, 0.15) is 0 Å². The fourth-order valence-electron chi connectivity index (χ4n) is 1.31. The Bertz CT molecular complexity index is 420. The second-order valence-corrected chi connectivity index (χ2v) is 4.12. The van der Waals surface area contributed by atoms with Crippen molar-refractivity contribution in [3.63, 3.8) is 0 Å². The normalized spacial score (nSPS) is 16.8. The second-order valence-electron chi connectivity index (χ2n) is 2.90. The summed E-state index contributed by atoms with van der Waals surface area (Å²) in [6, 6.07) is 5.64. The van der Waals surface area contributed by atoms with E-state index >= 15 is 0 Å². The van der Waals surface area contributed by atoms with E-state index in [0.717, 1.165) is 11.3 Å². The zero-order chi connectivity index (χ0) is 10.1. The van der Waals surface area contributed by atoms with E-state index in [1.807, 2.05) is 18.2 Å². The lowest BCUT2D eigenvalue weighted by molar-refractivity contribution is 1.24. The van der Waals surface area contributed by atoms with Gasteiger partial charge < -0.3 is 0 Å². The largest absolute Gasteiger partial charge is 0.257 e. The molecule has 0 unspecified atom stereocenters. The highest BCUT2D eigenvalue weighted by molar-refractivity contribution is 6.51. The molecule has 0 spiro atoms. The predicted molar refractivity (Wildman–Crippen MR) is 60.4 cm³/mol. The number of halogens is 3. The van der Waals surface area contributed by atoms with Gasteiger partial charge in [-0.05, 0) is 12.1 Å². The fraction of sp³-hybridized carbons (Fsp3) is 0.100. The first-order valence-corrected chi connectivity index (χ1v) is 5.18. The van der Waals surface area contributed by atoms with Gasteiger partial charge in [-0.1, -0.05) is 40.9 Å². The molecule has 0 saturated heterocycles. The topological polar surface area (TPSA) is 12.9 Å². The van der Waals surface area contributed by atoms with Crippen LogP contribution in [0.2, 0.25) is 0 Å². The molecule has 0 bridgehead atoms. The zero-order valence-electron chi connectivity index (χ0n) is 7.10. The van der Waals surface area contributed by atoms with Crippen LogP contribution in [0.15, 0.2) is 39.5 Å². The number of rotatable bonds is 1. The third-order valence-corrected chi connectivity index (χ3v) is 3.35. The summed E-state index contributed by atoms with van der Waals surface area (Å²) in [5, 5.41) is 1.53. The molecule has 14 heavy (non-hydrogen) atoms. The molecule has 0 N–H and O–H groups in total. The summed E-state index contributed by atoms with van der Waals surface area (Å²) in [6.07, 6.45) is 2.28. The third-order valence-electron chi connectivity index (χ3n) is 2.00. The summed E-state index contributed by atoms with van der Waals surface area (Å²) in [6.45, 7) is 0. The molecule has 0 aromatic carbocycles.